The molecule has 1 saturated heterocycles. The van der Waals surface area contributed by atoms with E-state index in [0.717, 1.165) is 19.0 Å². The van der Waals surface area contributed by atoms with E-state index in [-0.39, 0.29) is 0 Å². The molecule has 74 valence electrons. The van der Waals surface area contributed by atoms with Crippen molar-refractivity contribution in [2.45, 2.75) is 25.8 Å². The molecule has 3 nitrogen and oxygen atoms in total. The molecule has 1 N–H and O–H groups in total. The summed E-state index contributed by atoms with van der Waals surface area (Å²) >= 11 is 0. The maximum absolute atomic E-state index is 8.62. The van der Waals surface area contributed by atoms with Crippen LogP contribution in [0.2, 0.25) is 0 Å². The maximum atomic E-state index is 8.62. The van der Waals surface area contributed by atoms with Crippen molar-refractivity contribution in [3.05, 3.63) is 0 Å². The van der Waals surface area contributed by atoms with Crippen LogP contribution in [-0.2, 0) is 0 Å². The van der Waals surface area contributed by atoms with Crippen molar-refractivity contribution in [3.63, 3.8) is 0 Å². The van der Waals surface area contributed by atoms with Gasteiger partial charge in [0.2, 0.25) is 0 Å². The predicted molar refractivity (Wildman–Crippen MR) is 53.3 cm³/mol. The number of nitriles is 1. The minimum Gasteiger partial charge on any atom is -0.316 e. The van der Waals surface area contributed by atoms with Gasteiger partial charge in [-0.05, 0) is 19.4 Å². The summed E-state index contributed by atoms with van der Waals surface area (Å²) in [6.45, 7) is 4.94. The highest BCUT2D eigenvalue weighted by Gasteiger charge is 2.24. The highest BCUT2D eigenvalue weighted by Crippen LogP contribution is 2.18. The first kappa shape index (κ1) is 10.5. The molecule has 1 heterocycles. The molecule has 13 heavy (non-hydrogen) atoms. The average Bonchev–Trinajstić information content (AvgIpc) is 2.17. The smallest absolute Gasteiger partial charge is 0.0866 e. The zero-order valence-corrected chi connectivity index (χ0v) is 8.58. The molecule has 2 atom stereocenters. The number of nitrogens with zero attached hydrogens (tertiary/aromatic N) is 2. The standard InChI is InChI=1S/C10H19N3/c1-3-9-6-10(12-2)8-13(7-9)5-4-11/h9-10,12H,3,5-8H2,1-2H3. The molecule has 0 aromatic carbocycles. The van der Waals surface area contributed by atoms with Gasteiger partial charge in [-0.25, -0.2) is 0 Å². The molecule has 0 amide bonds. The second-order valence-electron chi connectivity index (χ2n) is 3.85. The minimum atomic E-state index is 0.576. The molecule has 3 heteroatoms. The lowest BCUT2D eigenvalue weighted by Gasteiger charge is -2.36. The normalized spacial score (nSPS) is 29.9. The fourth-order valence-electron chi connectivity index (χ4n) is 2.04. The highest BCUT2D eigenvalue weighted by atomic mass is 15.2. The molecule has 2 unspecified atom stereocenters. The topological polar surface area (TPSA) is 39.1 Å². The van der Waals surface area contributed by atoms with E-state index >= 15 is 0 Å². The van der Waals surface area contributed by atoms with Crippen LogP contribution in [-0.4, -0.2) is 37.6 Å². The van der Waals surface area contributed by atoms with Crippen molar-refractivity contribution < 1.29 is 0 Å². The van der Waals surface area contributed by atoms with Crippen molar-refractivity contribution in [1.29, 1.82) is 5.26 Å². The lowest BCUT2D eigenvalue weighted by atomic mass is 9.92. The summed E-state index contributed by atoms with van der Waals surface area (Å²) in [5, 5.41) is 11.9. The van der Waals surface area contributed by atoms with Crippen LogP contribution in [0.3, 0.4) is 0 Å². The van der Waals surface area contributed by atoms with Crippen LogP contribution in [0.4, 0.5) is 0 Å². The van der Waals surface area contributed by atoms with E-state index in [9.17, 15) is 0 Å². The molecule has 1 rings (SSSR count). The molecule has 0 aromatic heterocycles. The largest absolute Gasteiger partial charge is 0.316 e. The van der Waals surface area contributed by atoms with Crippen molar-refractivity contribution in [2.75, 3.05) is 26.7 Å². The number of hydrogen-bond acceptors (Lipinski definition) is 3. The summed E-state index contributed by atoms with van der Waals surface area (Å²) in [6.07, 6.45) is 2.48. The highest BCUT2D eigenvalue weighted by molar-refractivity contribution is 4.86. The molecule has 1 aliphatic heterocycles. The number of piperidine rings is 1. The third kappa shape index (κ3) is 2.98. The molecule has 0 aromatic rings. The zero-order chi connectivity index (χ0) is 9.68. The molecule has 0 bridgehead atoms. The van der Waals surface area contributed by atoms with E-state index in [1.165, 1.54) is 12.8 Å². The summed E-state index contributed by atoms with van der Waals surface area (Å²) in [7, 11) is 2.01. The lowest BCUT2D eigenvalue weighted by molar-refractivity contribution is 0.157. The molecule has 0 aliphatic carbocycles. The van der Waals surface area contributed by atoms with Gasteiger partial charge in [0.05, 0.1) is 12.6 Å². The first-order chi connectivity index (χ1) is 6.30. The van der Waals surface area contributed by atoms with Gasteiger partial charge < -0.3 is 5.32 Å². The van der Waals surface area contributed by atoms with Gasteiger partial charge in [-0.3, -0.25) is 4.90 Å². The van der Waals surface area contributed by atoms with Crippen molar-refractivity contribution in [2.24, 2.45) is 5.92 Å². The van der Waals surface area contributed by atoms with Gasteiger partial charge in [-0.2, -0.15) is 5.26 Å². The molecular weight excluding hydrogens is 162 g/mol. The van der Waals surface area contributed by atoms with E-state index < -0.39 is 0 Å². The Hall–Kier alpha value is -0.590. The van der Waals surface area contributed by atoms with Crippen LogP contribution in [0.1, 0.15) is 19.8 Å². The van der Waals surface area contributed by atoms with E-state index in [2.05, 4.69) is 23.2 Å². The van der Waals surface area contributed by atoms with Crippen LogP contribution in [0, 0.1) is 17.2 Å². The first-order valence-electron chi connectivity index (χ1n) is 5.06. The van der Waals surface area contributed by atoms with Gasteiger partial charge >= 0.3 is 0 Å². The van der Waals surface area contributed by atoms with Gasteiger partial charge in [-0.1, -0.05) is 13.3 Å². The minimum absolute atomic E-state index is 0.576. The average molecular weight is 181 g/mol. The predicted octanol–water partition coefficient (Wildman–Crippen LogP) is 0.830. The summed E-state index contributed by atoms with van der Waals surface area (Å²) in [5.41, 5.74) is 0. The van der Waals surface area contributed by atoms with E-state index in [1.807, 2.05) is 7.05 Å². The monoisotopic (exact) mass is 181 g/mol. The molecule has 1 fully saturated rings. The van der Waals surface area contributed by atoms with Crippen LogP contribution in [0.15, 0.2) is 0 Å². The Morgan fingerprint density at radius 2 is 2.31 bits per heavy atom. The van der Waals surface area contributed by atoms with Crippen LogP contribution < -0.4 is 5.32 Å². The number of hydrogen-bond donors (Lipinski definition) is 1. The van der Waals surface area contributed by atoms with Gasteiger partial charge in [0.15, 0.2) is 0 Å². The first-order valence-corrected chi connectivity index (χ1v) is 5.06. The van der Waals surface area contributed by atoms with Crippen molar-refractivity contribution in [1.82, 2.24) is 10.2 Å². The lowest BCUT2D eigenvalue weighted by Crippen LogP contribution is -2.48. The molecule has 0 spiro atoms. The number of likely N-dealkylation sites (tertiary alicyclic amines) is 1. The molecule has 1 aliphatic rings. The quantitative estimate of drug-likeness (QED) is 0.655. The van der Waals surface area contributed by atoms with Gasteiger partial charge in [0.25, 0.3) is 0 Å². The number of likely N-dealkylation sites (N-methyl/N-ethyl adjacent to an activating group) is 1. The third-order valence-corrected chi connectivity index (χ3v) is 2.89. The van der Waals surface area contributed by atoms with Gasteiger partial charge in [-0.15, -0.1) is 0 Å². The Bertz CT molecular complexity index is 173. The van der Waals surface area contributed by atoms with Crippen molar-refractivity contribution >= 4 is 0 Å². The van der Waals surface area contributed by atoms with Crippen LogP contribution in [0.25, 0.3) is 0 Å². The maximum Gasteiger partial charge on any atom is 0.0866 e. The Labute approximate surface area is 80.7 Å². The number of nitrogens with one attached hydrogen (secondary N) is 1. The Balaban J connectivity index is 2.45. The second kappa shape index (κ2) is 5.21. The fraction of sp³-hybridized carbons (Fsp3) is 0.900. The molecular formula is C10H19N3. The van der Waals surface area contributed by atoms with Crippen LogP contribution in [0.5, 0.6) is 0 Å². The SMILES string of the molecule is CCC1CC(NC)CN(CC#N)C1. The molecule has 0 radical (unpaired) electrons. The Morgan fingerprint density at radius 1 is 1.54 bits per heavy atom. The summed E-state index contributed by atoms with van der Waals surface area (Å²) in [5.74, 6) is 0.763. The van der Waals surface area contributed by atoms with Gasteiger partial charge in [0, 0.05) is 19.1 Å². The van der Waals surface area contributed by atoms with E-state index in [1.54, 1.807) is 0 Å². The Morgan fingerprint density at radius 3 is 2.85 bits per heavy atom. The fourth-order valence-corrected chi connectivity index (χ4v) is 2.04. The van der Waals surface area contributed by atoms with E-state index in [0.29, 0.717) is 12.6 Å². The Kier molecular flexibility index (Phi) is 4.20. The summed E-state index contributed by atoms with van der Waals surface area (Å²) < 4.78 is 0. The second-order valence-corrected chi connectivity index (χ2v) is 3.85. The number of rotatable bonds is 3. The third-order valence-electron chi connectivity index (χ3n) is 2.89. The van der Waals surface area contributed by atoms with E-state index in [4.69, 9.17) is 5.26 Å². The summed E-state index contributed by atoms with van der Waals surface area (Å²) in [6, 6.07) is 2.80. The van der Waals surface area contributed by atoms with Gasteiger partial charge in [0.1, 0.15) is 0 Å². The van der Waals surface area contributed by atoms with Crippen molar-refractivity contribution in [3.8, 4) is 6.07 Å². The summed E-state index contributed by atoms with van der Waals surface area (Å²) in [4.78, 5) is 2.25. The van der Waals surface area contributed by atoms with Crippen LogP contribution >= 0.6 is 0 Å². The zero-order valence-electron chi connectivity index (χ0n) is 8.58. The molecule has 0 saturated carbocycles.